The summed E-state index contributed by atoms with van der Waals surface area (Å²) in [5, 5.41) is 5.58. The predicted molar refractivity (Wildman–Crippen MR) is 91.7 cm³/mol. The molecular formula is C18H24N2O4. The van der Waals surface area contributed by atoms with Crippen molar-refractivity contribution in [3.05, 3.63) is 29.5 Å². The highest BCUT2D eigenvalue weighted by Gasteiger charge is 2.20. The van der Waals surface area contributed by atoms with Gasteiger partial charge in [0, 0.05) is 13.0 Å². The standard InChI is InChI=1S/C18H24N2O4/c1-12(21)19-15(18(22)20-14-6-4-5-7-14)10-13-8-9-16(23-2)17(11-13)24-3/h8-11,14H,4-7H2,1-3H3,(H,19,21)(H,20,22)/b15-10-. The van der Waals surface area contributed by atoms with Gasteiger partial charge in [-0.25, -0.2) is 0 Å². The van der Waals surface area contributed by atoms with Gasteiger partial charge in [-0.1, -0.05) is 18.9 Å². The van der Waals surface area contributed by atoms with Gasteiger partial charge in [-0.3, -0.25) is 9.59 Å². The van der Waals surface area contributed by atoms with Gasteiger partial charge in [0.05, 0.1) is 14.2 Å². The van der Waals surface area contributed by atoms with Crippen LogP contribution < -0.4 is 20.1 Å². The minimum atomic E-state index is -0.289. The van der Waals surface area contributed by atoms with E-state index < -0.39 is 0 Å². The number of rotatable bonds is 6. The minimum absolute atomic E-state index is 0.181. The van der Waals surface area contributed by atoms with Crippen molar-refractivity contribution in [1.29, 1.82) is 0 Å². The maximum atomic E-state index is 12.5. The average molecular weight is 332 g/mol. The van der Waals surface area contributed by atoms with Crippen LogP contribution in [0.25, 0.3) is 6.08 Å². The molecule has 24 heavy (non-hydrogen) atoms. The lowest BCUT2D eigenvalue weighted by atomic mass is 10.1. The van der Waals surface area contributed by atoms with E-state index in [1.807, 2.05) is 0 Å². The van der Waals surface area contributed by atoms with Crippen molar-refractivity contribution in [1.82, 2.24) is 10.6 Å². The van der Waals surface area contributed by atoms with Crippen LogP contribution in [-0.2, 0) is 9.59 Å². The Morgan fingerprint density at radius 3 is 2.38 bits per heavy atom. The molecule has 0 unspecified atom stereocenters. The van der Waals surface area contributed by atoms with E-state index in [-0.39, 0.29) is 23.6 Å². The van der Waals surface area contributed by atoms with Gasteiger partial charge >= 0.3 is 0 Å². The van der Waals surface area contributed by atoms with E-state index >= 15 is 0 Å². The van der Waals surface area contributed by atoms with Crippen LogP contribution >= 0.6 is 0 Å². The van der Waals surface area contributed by atoms with Gasteiger partial charge in [0.15, 0.2) is 11.5 Å². The highest BCUT2D eigenvalue weighted by atomic mass is 16.5. The summed E-state index contributed by atoms with van der Waals surface area (Å²) in [6.45, 7) is 1.38. The molecule has 0 aromatic heterocycles. The molecule has 0 atom stereocenters. The normalized spacial score (nSPS) is 15.0. The molecule has 0 bridgehead atoms. The Morgan fingerprint density at radius 2 is 1.79 bits per heavy atom. The highest BCUT2D eigenvalue weighted by Crippen LogP contribution is 2.28. The average Bonchev–Trinajstić information content (AvgIpc) is 3.06. The van der Waals surface area contributed by atoms with Gasteiger partial charge in [-0.05, 0) is 36.6 Å². The lowest BCUT2D eigenvalue weighted by Gasteiger charge is -2.15. The number of carbonyl (C=O) groups is 2. The van der Waals surface area contributed by atoms with Crippen molar-refractivity contribution in [2.75, 3.05) is 14.2 Å². The van der Waals surface area contributed by atoms with E-state index in [0.717, 1.165) is 31.2 Å². The van der Waals surface area contributed by atoms with E-state index in [1.54, 1.807) is 38.5 Å². The number of benzene rings is 1. The van der Waals surface area contributed by atoms with Gasteiger partial charge < -0.3 is 20.1 Å². The summed E-state index contributed by atoms with van der Waals surface area (Å²) in [5.74, 6) is 0.603. The molecule has 1 aliphatic rings. The Labute approximate surface area is 142 Å². The zero-order valence-electron chi connectivity index (χ0n) is 14.3. The summed E-state index contributed by atoms with van der Waals surface area (Å²) in [6, 6.07) is 5.49. The predicted octanol–water partition coefficient (Wildman–Crippen LogP) is 2.24. The molecule has 2 rings (SSSR count). The van der Waals surface area contributed by atoms with Crippen LogP contribution in [0.15, 0.2) is 23.9 Å². The van der Waals surface area contributed by atoms with Crippen molar-refractivity contribution in [3.63, 3.8) is 0 Å². The number of hydrogen-bond acceptors (Lipinski definition) is 4. The van der Waals surface area contributed by atoms with E-state index in [4.69, 9.17) is 9.47 Å². The largest absolute Gasteiger partial charge is 0.493 e. The van der Waals surface area contributed by atoms with Crippen molar-refractivity contribution in [3.8, 4) is 11.5 Å². The topological polar surface area (TPSA) is 76.7 Å². The number of hydrogen-bond donors (Lipinski definition) is 2. The first kappa shape index (κ1) is 17.8. The van der Waals surface area contributed by atoms with Crippen molar-refractivity contribution < 1.29 is 19.1 Å². The molecule has 1 saturated carbocycles. The molecule has 0 saturated heterocycles. The lowest BCUT2D eigenvalue weighted by Crippen LogP contribution is -2.38. The number of nitrogens with one attached hydrogen (secondary N) is 2. The molecule has 130 valence electrons. The second-order valence-corrected chi connectivity index (χ2v) is 5.81. The first-order valence-electron chi connectivity index (χ1n) is 8.05. The molecule has 0 spiro atoms. The number of amides is 2. The summed E-state index contributed by atoms with van der Waals surface area (Å²) in [6.07, 6.45) is 5.85. The van der Waals surface area contributed by atoms with Crippen LogP contribution in [0.5, 0.6) is 11.5 Å². The minimum Gasteiger partial charge on any atom is -0.493 e. The van der Waals surface area contributed by atoms with Gasteiger partial charge in [0.2, 0.25) is 5.91 Å². The number of carbonyl (C=O) groups excluding carboxylic acids is 2. The lowest BCUT2D eigenvalue weighted by molar-refractivity contribution is -0.122. The fourth-order valence-corrected chi connectivity index (χ4v) is 2.79. The molecule has 1 aliphatic carbocycles. The van der Waals surface area contributed by atoms with Gasteiger partial charge in [-0.2, -0.15) is 0 Å². The Hall–Kier alpha value is -2.50. The Balaban J connectivity index is 2.23. The van der Waals surface area contributed by atoms with Crippen LogP contribution in [0.3, 0.4) is 0 Å². The van der Waals surface area contributed by atoms with Crippen LogP contribution in [0.2, 0.25) is 0 Å². The van der Waals surface area contributed by atoms with Crippen molar-refractivity contribution in [2.45, 2.75) is 38.6 Å². The summed E-state index contributed by atoms with van der Waals surface area (Å²) in [5.41, 5.74) is 0.958. The maximum Gasteiger partial charge on any atom is 0.268 e. The van der Waals surface area contributed by atoms with Gasteiger partial charge in [0.1, 0.15) is 5.70 Å². The summed E-state index contributed by atoms with van der Waals surface area (Å²) >= 11 is 0. The fourth-order valence-electron chi connectivity index (χ4n) is 2.79. The SMILES string of the molecule is COc1ccc(/C=C(\NC(C)=O)C(=O)NC2CCCC2)cc1OC. The Morgan fingerprint density at radius 1 is 1.12 bits per heavy atom. The molecule has 6 heteroatoms. The number of methoxy groups -OCH3 is 2. The third-order valence-corrected chi connectivity index (χ3v) is 3.96. The molecular weight excluding hydrogens is 308 g/mol. The zero-order valence-corrected chi connectivity index (χ0v) is 14.3. The highest BCUT2D eigenvalue weighted by molar-refractivity contribution is 6.01. The second kappa shape index (κ2) is 8.38. The van der Waals surface area contributed by atoms with E-state index in [1.165, 1.54) is 6.92 Å². The second-order valence-electron chi connectivity index (χ2n) is 5.81. The molecule has 0 radical (unpaired) electrons. The summed E-state index contributed by atoms with van der Waals surface area (Å²) in [4.78, 5) is 23.9. The molecule has 2 amide bonds. The molecule has 1 fully saturated rings. The third-order valence-electron chi connectivity index (χ3n) is 3.96. The van der Waals surface area contributed by atoms with E-state index in [0.29, 0.717) is 11.5 Å². The number of ether oxygens (including phenoxy) is 2. The first-order valence-corrected chi connectivity index (χ1v) is 8.05. The zero-order chi connectivity index (χ0) is 17.5. The quantitative estimate of drug-likeness (QED) is 0.783. The van der Waals surface area contributed by atoms with Crippen LogP contribution in [0.1, 0.15) is 38.2 Å². The van der Waals surface area contributed by atoms with Gasteiger partial charge in [-0.15, -0.1) is 0 Å². The molecule has 0 heterocycles. The molecule has 1 aromatic carbocycles. The van der Waals surface area contributed by atoms with E-state index in [9.17, 15) is 9.59 Å². The van der Waals surface area contributed by atoms with Crippen molar-refractivity contribution >= 4 is 17.9 Å². The summed E-state index contributed by atoms with van der Waals surface area (Å²) in [7, 11) is 3.11. The van der Waals surface area contributed by atoms with Crippen molar-refractivity contribution in [2.24, 2.45) is 0 Å². The molecule has 6 nitrogen and oxygen atoms in total. The third kappa shape index (κ3) is 4.75. The first-order chi connectivity index (χ1) is 11.5. The van der Waals surface area contributed by atoms with Crippen LogP contribution in [0.4, 0.5) is 0 Å². The van der Waals surface area contributed by atoms with Crippen LogP contribution in [0, 0.1) is 0 Å². The van der Waals surface area contributed by atoms with E-state index in [2.05, 4.69) is 10.6 Å². The fraction of sp³-hybridized carbons (Fsp3) is 0.444. The Kier molecular flexibility index (Phi) is 6.23. The summed E-state index contributed by atoms with van der Waals surface area (Å²) < 4.78 is 10.5. The smallest absolute Gasteiger partial charge is 0.268 e. The molecule has 0 aliphatic heterocycles. The molecule has 2 N–H and O–H groups in total. The Bertz CT molecular complexity index is 634. The van der Waals surface area contributed by atoms with Gasteiger partial charge in [0.25, 0.3) is 5.91 Å². The monoisotopic (exact) mass is 332 g/mol. The van der Waals surface area contributed by atoms with Crippen LogP contribution in [-0.4, -0.2) is 32.1 Å². The maximum absolute atomic E-state index is 12.5. The molecule has 1 aromatic rings.